The van der Waals surface area contributed by atoms with Crippen LogP contribution in [0.5, 0.6) is 5.75 Å². The Morgan fingerprint density at radius 2 is 2.00 bits per heavy atom. The molecular weight excluding hydrogens is 417 g/mol. The van der Waals surface area contributed by atoms with Gasteiger partial charge in [0.2, 0.25) is 5.91 Å². The zero-order valence-electron chi connectivity index (χ0n) is 15.5. The summed E-state index contributed by atoms with van der Waals surface area (Å²) in [6.45, 7) is 5.77. The molecule has 0 spiro atoms. The number of thiocarbonyl (C=S) groups is 1. The largest absolute Gasteiger partial charge is 0.466 e. The average Bonchev–Trinajstić information content (AvgIpc) is 2.57. The fourth-order valence-electron chi connectivity index (χ4n) is 3.93. The summed E-state index contributed by atoms with van der Waals surface area (Å²) in [5.74, 6) is -0.303. The van der Waals surface area contributed by atoms with E-state index in [4.69, 9.17) is 40.2 Å². The fraction of sp³-hybridized carbons (Fsp3) is 0.300. The highest BCUT2D eigenvalue weighted by Gasteiger charge is 2.55. The number of benzene rings is 2. The van der Waals surface area contributed by atoms with Crippen LogP contribution in [0.4, 0.5) is 5.69 Å². The van der Waals surface area contributed by atoms with Crippen LogP contribution in [0, 0.1) is 19.8 Å². The maximum atomic E-state index is 13.3. The molecule has 2 heterocycles. The van der Waals surface area contributed by atoms with E-state index in [1.54, 1.807) is 19.1 Å². The molecule has 0 saturated carbocycles. The zero-order valence-corrected chi connectivity index (χ0v) is 17.9. The van der Waals surface area contributed by atoms with Crippen LogP contribution in [0.3, 0.4) is 0 Å². The maximum absolute atomic E-state index is 13.3. The number of hydrogen-bond donors (Lipinski definition) is 3. The topological polar surface area (TPSA) is 62.4 Å². The number of rotatable bonds is 2. The van der Waals surface area contributed by atoms with E-state index in [9.17, 15) is 4.79 Å². The van der Waals surface area contributed by atoms with E-state index in [0.717, 1.165) is 16.8 Å². The fourth-order valence-corrected chi connectivity index (χ4v) is 4.80. The lowest BCUT2D eigenvalue weighted by molar-refractivity contribution is -0.132. The highest BCUT2D eigenvalue weighted by atomic mass is 35.5. The number of hydrogen-bond acceptors (Lipinski definition) is 3. The van der Waals surface area contributed by atoms with E-state index in [1.165, 1.54) is 0 Å². The quantitative estimate of drug-likeness (QED) is 0.606. The van der Waals surface area contributed by atoms with Crippen molar-refractivity contribution < 1.29 is 9.53 Å². The van der Waals surface area contributed by atoms with Gasteiger partial charge in [-0.05, 0) is 56.8 Å². The Balaban J connectivity index is 1.75. The summed E-state index contributed by atoms with van der Waals surface area (Å²) in [6, 6.07) is 8.83. The SMILES string of the molecule is Cc1ccc(NC(=O)[C@@H]2[C@H]3NC(=S)N[C@@]2(C)Oc2c(Cl)cc(Cl)cc23)c(C)c1. The van der Waals surface area contributed by atoms with Crippen LogP contribution in [-0.4, -0.2) is 16.7 Å². The van der Waals surface area contributed by atoms with Crippen molar-refractivity contribution in [3.63, 3.8) is 0 Å². The van der Waals surface area contributed by atoms with Crippen LogP contribution < -0.4 is 20.7 Å². The van der Waals surface area contributed by atoms with Crippen LogP contribution >= 0.6 is 35.4 Å². The van der Waals surface area contributed by atoms with Crippen molar-refractivity contribution in [2.24, 2.45) is 5.92 Å². The van der Waals surface area contributed by atoms with Crippen molar-refractivity contribution in [1.82, 2.24) is 10.6 Å². The van der Waals surface area contributed by atoms with Gasteiger partial charge >= 0.3 is 0 Å². The predicted octanol–water partition coefficient (Wildman–Crippen LogP) is 4.49. The van der Waals surface area contributed by atoms with E-state index in [1.807, 2.05) is 32.0 Å². The normalized spacial score (nSPS) is 25.1. The first-order valence-corrected chi connectivity index (χ1v) is 9.99. The highest BCUT2D eigenvalue weighted by molar-refractivity contribution is 7.80. The second-order valence-corrected chi connectivity index (χ2v) is 8.63. The number of amides is 1. The zero-order chi connectivity index (χ0) is 20.2. The molecule has 146 valence electrons. The van der Waals surface area contributed by atoms with Crippen LogP contribution in [0.15, 0.2) is 30.3 Å². The molecule has 1 fully saturated rings. The van der Waals surface area contributed by atoms with Gasteiger partial charge in [0.1, 0.15) is 11.7 Å². The summed E-state index contributed by atoms with van der Waals surface area (Å²) in [7, 11) is 0. The molecule has 28 heavy (non-hydrogen) atoms. The minimum atomic E-state index is -1.06. The molecule has 3 atom stereocenters. The third kappa shape index (κ3) is 3.19. The van der Waals surface area contributed by atoms with Crippen molar-refractivity contribution in [2.75, 3.05) is 5.32 Å². The molecule has 2 aliphatic rings. The van der Waals surface area contributed by atoms with E-state index < -0.39 is 17.7 Å². The van der Waals surface area contributed by atoms with Crippen LogP contribution in [0.2, 0.25) is 10.0 Å². The molecule has 0 unspecified atom stereocenters. The Bertz CT molecular complexity index is 1010. The summed E-state index contributed by atoms with van der Waals surface area (Å²) < 4.78 is 6.18. The number of ether oxygens (including phenoxy) is 1. The maximum Gasteiger partial charge on any atom is 0.236 e. The van der Waals surface area contributed by atoms with Crippen LogP contribution in [-0.2, 0) is 4.79 Å². The number of carbonyl (C=O) groups is 1. The van der Waals surface area contributed by atoms with Crippen molar-refractivity contribution in [3.8, 4) is 5.75 Å². The van der Waals surface area contributed by atoms with E-state index in [-0.39, 0.29) is 5.91 Å². The molecule has 1 amide bonds. The van der Waals surface area contributed by atoms with Crippen molar-refractivity contribution in [2.45, 2.75) is 32.5 Å². The van der Waals surface area contributed by atoms with Gasteiger partial charge in [0.05, 0.1) is 11.1 Å². The second kappa shape index (κ2) is 6.79. The van der Waals surface area contributed by atoms with Gasteiger partial charge < -0.3 is 20.7 Å². The molecule has 2 bridgehead atoms. The Morgan fingerprint density at radius 3 is 2.71 bits per heavy atom. The Kier molecular flexibility index (Phi) is 4.68. The van der Waals surface area contributed by atoms with Gasteiger partial charge in [-0.3, -0.25) is 4.79 Å². The molecule has 4 rings (SSSR count). The monoisotopic (exact) mass is 435 g/mol. The summed E-state index contributed by atoms with van der Waals surface area (Å²) >= 11 is 17.9. The molecule has 1 saturated heterocycles. The van der Waals surface area contributed by atoms with Gasteiger partial charge in [-0.15, -0.1) is 0 Å². The number of halogens is 2. The number of fused-ring (bicyclic) bond motifs is 4. The summed E-state index contributed by atoms with van der Waals surface area (Å²) in [5, 5.41) is 10.6. The molecule has 0 aromatic heterocycles. The smallest absolute Gasteiger partial charge is 0.236 e. The minimum Gasteiger partial charge on any atom is -0.466 e. The van der Waals surface area contributed by atoms with Crippen molar-refractivity contribution in [1.29, 1.82) is 0 Å². The lowest BCUT2D eigenvalue weighted by Gasteiger charge is -2.50. The van der Waals surface area contributed by atoms with Gasteiger partial charge in [-0.2, -0.15) is 0 Å². The van der Waals surface area contributed by atoms with Gasteiger partial charge in [0.15, 0.2) is 10.8 Å². The molecule has 2 aromatic rings. The van der Waals surface area contributed by atoms with Gasteiger partial charge in [0.25, 0.3) is 0 Å². The lowest BCUT2D eigenvalue weighted by atomic mass is 9.80. The molecule has 2 aromatic carbocycles. The van der Waals surface area contributed by atoms with Crippen LogP contribution in [0.25, 0.3) is 0 Å². The third-order valence-corrected chi connectivity index (χ3v) is 5.90. The third-order valence-electron chi connectivity index (χ3n) is 5.18. The summed E-state index contributed by atoms with van der Waals surface area (Å²) in [5.41, 5.74) is 2.53. The number of nitrogens with one attached hydrogen (secondary N) is 3. The second-order valence-electron chi connectivity index (χ2n) is 7.38. The predicted molar refractivity (Wildman–Crippen MR) is 115 cm³/mol. The van der Waals surface area contributed by atoms with E-state index in [2.05, 4.69) is 16.0 Å². The van der Waals surface area contributed by atoms with E-state index in [0.29, 0.717) is 26.5 Å². The first kappa shape index (κ1) is 19.3. The lowest BCUT2D eigenvalue weighted by Crippen LogP contribution is -2.70. The van der Waals surface area contributed by atoms with Gasteiger partial charge in [0, 0.05) is 16.3 Å². The Hall–Kier alpha value is -2.02. The Labute approximate surface area is 178 Å². The molecule has 2 aliphatic heterocycles. The number of anilines is 1. The molecule has 3 N–H and O–H groups in total. The highest BCUT2D eigenvalue weighted by Crippen LogP contribution is 2.49. The average molecular weight is 436 g/mol. The summed E-state index contributed by atoms with van der Waals surface area (Å²) in [6.07, 6.45) is 0. The van der Waals surface area contributed by atoms with Crippen molar-refractivity contribution >= 4 is 52.1 Å². The Morgan fingerprint density at radius 1 is 1.25 bits per heavy atom. The standard InChI is InChI=1S/C20H19Cl2N3O2S/c1-9-4-5-14(10(2)6-9)23-18(26)15-16-12-7-11(21)8-13(22)17(12)27-20(15,3)25-19(28)24-16/h4-8,15-16H,1-3H3,(H,23,26)(H2,24,25,28)/t15-,16-,20-/m0/s1. The molecule has 0 radical (unpaired) electrons. The number of aryl methyl sites for hydroxylation is 2. The molecular formula is C20H19Cl2N3O2S. The molecule has 5 nitrogen and oxygen atoms in total. The first-order valence-electron chi connectivity index (χ1n) is 8.83. The molecule has 8 heteroatoms. The minimum absolute atomic E-state index is 0.191. The van der Waals surface area contributed by atoms with Gasteiger partial charge in [-0.1, -0.05) is 40.9 Å². The van der Waals surface area contributed by atoms with Gasteiger partial charge in [-0.25, -0.2) is 0 Å². The first-order chi connectivity index (χ1) is 13.2. The summed E-state index contributed by atoms with van der Waals surface area (Å²) in [4.78, 5) is 13.3. The molecule has 0 aliphatic carbocycles. The van der Waals surface area contributed by atoms with Crippen molar-refractivity contribution in [3.05, 3.63) is 57.1 Å². The van der Waals surface area contributed by atoms with E-state index >= 15 is 0 Å². The van der Waals surface area contributed by atoms with Crippen LogP contribution in [0.1, 0.15) is 29.7 Å². The number of carbonyl (C=O) groups excluding carboxylic acids is 1.